The van der Waals surface area contributed by atoms with Gasteiger partial charge in [0.05, 0.1) is 22.0 Å². The maximum atomic E-state index is 12.4. The third-order valence-electron chi connectivity index (χ3n) is 6.79. The zero-order chi connectivity index (χ0) is 24.0. The Morgan fingerprint density at radius 1 is 1.06 bits per heavy atom. The second kappa shape index (κ2) is 11.3. The molecule has 2 aliphatic rings. The predicted molar refractivity (Wildman–Crippen MR) is 137 cm³/mol. The Hall–Kier alpha value is -2.51. The standard InChI is InChI=1S/C27H36N4O2S/c1-21-11-10-17-28-26(21)24-16-15-22(2)27(30-24)25-14-6-8-19-31(25)20-9-7-18-29-34(32,33)23-12-4-3-5-13-23/h3-5,10-13,17,22,29H,6-9,14-16,18-20H2,1-2H3. The molecule has 0 saturated carbocycles. The van der Waals surface area contributed by atoms with E-state index in [2.05, 4.69) is 34.5 Å². The fraction of sp³-hybridized carbons (Fsp3) is 0.481. The molecule has 2 aliphatic heterocycles. The summed E-state index contributed by atoms with van der Waals surface area (Å²) in [6.07, 6.45) is 9.14. The SMILES string of the molecule is Cc1cccnc1C1=NC(=C2CCCCN2CCCCNS(=O)(=O)c2ccccc2)C(C)CC1. The molecule has 1 aromatic carbocycles. The maximum absolute atomic E-state index is 12.4. The number of allylic oxidation sites excluding steroid dienone is 2. The lowest BCUT2D eigenvalue weighted by atomic mass is 9.90. The largest absolute Gasteiger partial charge is 0.373 e. The third-order valence-corrected chi connectivity index (χ3v) is 8.27. The van der Waals surface area contributed by atoms with Crippen molar-refractivity contribution in [2.75, 3.05) is 19.6 Å². The van der Waals surface area contributed by atoms with E-state index in [9.17, 15) is 8.42 Å². The maximum Gasteiger partial charge on any atom is 0.240 e. The molecule has 2 aromatic rings. The summed E-state index contributed by atoms with van der Waals surface area (Å²) in [6, 6.07) is 12.6. The highest BCUT2D eigenvalue weighted by Crippen LogP contribution is 2.34. The number of hydrogen-bond acceptors (Lipinski definition) is 5. The van der Waals surface area contributed by atoms with Gasteiger partial charge >= 0.3 is 0 Å². The van der Waals surface area contributed by atoms with Gasteiger partial charge in [0.15, 0.2) is 0 Å². The van der Waals surface area contributed by atoms with Gasteiger partial charge in [0.1, 0.15) is 0 Å². The van der Waals surface area contributed by atoms with Crippen molar-refractivity contribution in [2.45, 2.75) is 63.7 Å². The number of aryl methyl sites for hydroxylation is 1. The number of nitrogens with one attached hydrogen (secondary N) is 1. The van der Waals surface area contributed by atoms with Crippen LogP contribution >= 0.6 is 0 Å². The van der Waals surface area contributed by atoms with Crippen molar-refractivity contribution in [3.63, 3.8) is 0 Å². The van der Waals surface area contributed by atoms with Crippen LogP contribution in [0.5, 0.6) is 0 Å². The zero-order valence-electron chi connectivity index (χ0n) is 20.3. The third kappa shape index (κ3) is 5.94. The van der Waals surface area contributed by atoms with Gasteiger partial charge in [-0.25, -0.2) is 13.1 Å². The Bertz CT molecular complexity index is 1140. The number of nitrogens with zero attached hydrogens (tertiary/aromatic N) is 3. The molecule has 1 aromatic heterocycles. The minimum absolute atomic E-state index is 0.321. The van der Waals surface area contributed by atoms with Gasteiger partial charge in [0.25, 0.3) is 0 Å². The van der Waals surface area contributed by atoms with Crippen LogP contribution in [0.2, 0.25) is 0 Å². The van der Waals surface area contributed by atoms with E-state index in [1.165, 1.54) is 29.8 Å². The number of piperidine rings is 1. The van der Waals surface area contributed by atoms with Gasteiger partial charge in [-0.1, -0.05) is 31.2 Å². The molecule has 1 N–H and O–H groups in total. The average Bonchev–Trinajstić information content (AvgIpc) is 2.85. The smallest absolute Gasteiger partial charge is 0.240 e. The lowest BCUT2D eigenvalue weighted by Crippen LogP contribution is -2.32. The fourth-order valence-corrected chi connectivity index (χ4v) is 5.95. The topological polar surface area (TPSA) is 74.7 Å². The molecule has 6 nitrogen and oxygen atoms in total. The molecule has 3 heterocycles. The van der Waals surface area contributed by atoms with E-state index in [0.29, 0.717) is 17.4 Å². The van der Waals surface area contributed by atoms with Crippen molar-refractivity contribution >= 4 is 15.7 Å². The number of hydrogen-bond donors (Lipinski definition) is 1. The van der Waals surface area contributed by atoms with Crippen LogP contribution in [0, 0.1) is 12.8 Å². The average molecular weight is 481 g/mol. The molecule has 1 fully saturated rings. The number of unbranched alkanes of at least 4 members (excludes halogenated alkanes) is 1. The molecule has 0 aliphatic carbocycles. The van der Waals surface area contributed by atoms with Crippen LogP contribution in [0.15, 0.2) is 69.9 Å². The number of sulfonamides is 1. The van der Waals surface area contributed by atoms with E-state index in [1.54, 1.807) is 24.3 Å². The molecular formula is C27H36N4O2S. The number of likely N-dealkylation sites (tertiary alicyclic amines) is 1. The van der Waals surface area contributed by atoms with Gasteiger partial charge in [-0.3, -0.25) is 9.98 Å². The molecule has 182 valence electrons. The summed E-state index contributed by atoms with van der Waals surface area (Å²) in [7, 11) is -3.43. The van der Waals surface area contributed by atoms with Gasteiger partial charge in [0.2, 0.25) is 10.0 Å². The van der Waals surface area contributed by atoms with Crippen molar-refractivity contribution in [1.29, 1.82) is 0 Å². The molecule has 0 bridgehead atoms. The fourth-order valence-electron chi connectivity index (χ4n) is 4.85. The molecule has 34 heavy (non-hydrogen) atoms. The van der Waals surface area contributed by atoms with Crippen molar-refractivity contribution in [2.24, 2.45) is 10.9 Å². The van der Waals surface area contributed by atoms with Crippen LogP contribution in [-0.2, 0) is 10.0 Å². The molecule has 1 saturated heterocycles. The minimum Gasteiger partial charge on any atom is -0.373 e. The number of aromatic nitrogens is 1. The summed E-state index contributed by atoms with van der Waals surface area (Å²) in [4.78, 5) is 12.6. The number of pyridine rings is 1. The predicted octanol–water partition coefficient (Wildman–Crippen LogP) is 5.07. The van der Waals surface area contributed by atoms with Gasteiger partial charge in [-0.05, 0) is 75.6 Å². The summed E-state index contributed by atoms with van der Waals surface area (Å²) in [5.41, 5.74) is 5.93. The highest BCUT2D eigenvalue weighted by atomic mass is 32.2. The molecule has 0 radical (unpaired) electrons. The lowest BCUT2D eigenvalue weighted by Gasteiger charge is -2.35. The first-order chi connectivity index (χ1) is 16.5. The Morgan fingerprint density at radius 2 is 1.88 bits per heavy atom. The Labute approximate surface area is 204 Å². The van der Waals surface area contributed by atoms with Crippen molar-refractivity contribution < 1.29 is 8.42 Å². The van der Waals surface area contributed by atoms with Crippen LogP contribution in [-0.4, -0.2) is 43.6 Å². The number of benzene rings is 1. The van der Waals surface area contributed by atoms with E-state index in [-0.39, 0.29) is 0 Å². The molecule has 0 spiro atoms. The van der Waals surface area contributed by atoms with Crippen molar-refractivity contribution in [1.82, 2.24) is 14.6 Å². The van der Waals surface area contributed by atoms with Crippen LogP contribution in [0.1, 0.15) is 63.1 Å². The quantitative estimate of drug-likeness (QED) is 0.536. The summed E-state index contributed by atoms with van der Waals surface area (Å²) in [5.74, 6) is 0.445. The minimum atomic E-state index is -3.43. The second-order valence-corrected chi connectivity index (χ2v) is 11.1. The summed E-state index contributed by atoms with van der Waals surface area (Å²) in [5, 5.41) is 0. The number of rotatable bonds is 8. The zero-order valence-corrected chi connectivity index (χ0v) is 21.2. The van der Waals surface area contributed by atoms with E-state index in [0.717, 1.165) is 56.6 Å². The van der Waals surface area contributed by atoms with Gasteiger partial charge in [-0.2, -0.15) is 0 Å². The highest BCUT2D eigenvalue weighted by Gasteiger charge is 2.26. The molecule has 1 unspecified atom stereocenters. The number of aliphatic imine (C=N–C) groups is 1. The first kappa shape index (κ1) is 24.6. The Balaban J connectivity index is 1.41. The van der Waals surface area contributed by atoms with E-state index >= 15 is 0 Å². The van der Waals surface area contributed by atoms with Crippen molar-refractivity contribution in [3.05, 3.63) is 71.3 Å². The first-order valence-electron chi connectivity index (χ1n) is 12.5. The first-order valence-corrected chi connectivity index (χ1v) is 14.0. The lowest BCUT2D eigenvalue weighted by molar-refractivity contribution is 0.276. The molecular weight excluding hydrogens is 444 g/mol. The van der Waals surface area contributed by atoms with E-state index in [4.69, 9.17) is 4.99 Å². The molecule has 4 rings (SSSR count). The van der Waals surface area contributed by atoms with Crippen molar-refractivity contribution in [3.8, 4) is 0 Å². The van der Waals surface area contributed by atoms with Crippen LogP contribution in [0.4, 0.5) is 0 Å². The summed E-state index contributed by atoms with van der Waals surface area (Å²) in [6.45, 7) is 6.84. The highest BCUT2D eigenvalue weighted by molar-refractivity contribution is 7.89. The molecule has 7 heteroatoms. The Morgan fingerprint density at radius 3 is 2.68 bits per heavy atom. The molecule has 0 amide bonds. The van der Waals surface area contributed by atoms with Gasteiger partial charge < -0.3 is 4.90 Å². The Kier molecular flexibility index (Phi) is 8.16. The van der Waals surface area contributed by atoms with E-state index < -0.39 is 10.0 Å². The van der Waals surface area contributed by atoms with Crippen LogP contribution in [0.3, 0.4) is 0 Å². The van der Waals surface area contributed by atoms with Gasteiger partial charge in [0, 0.05) is 37.4 Å². The van der Waals surface area contributed by atoms with E-state index in [1.807, 2.05) is 18.3 Å². The van der Waals surface area contributed by atoms with Gasteiger partial charge in [-0.15, -0.1) is 0 Å². The summed E-state index contributed by atoms with van der Waals surface area (Å²) >= 11 is 0. The second-order valence-electron chi connectivity index (χ2n) is 9.36. The molecule has 1 atom stereocenters. The van der Waals surface area contributed by atoms with Crippen LogP contribution in [0.25, 0.3) is 0 Å². The monoisotopic (exact) mass is 480 g/mol. The summed E-state index contributed by atoms with van der Waals surface area (Å²) < 4.78 is 27.6. The normalized spacial score (nSPS) is 21.4. The van der Waals surface area contributed by atoms with Crippen LogP contribution < -0.4 is 4.72 Å².